The van der Waals surface area contributed by atoms with Crippen molar-refractivity contribution in [2.75, 3.05) is 13.1 Å². The Morgan fingerprint density at radius 1 is 1.07 bits per heavy atom. The van der Waals surface area contributed by atoms with Gasteiger partial charge in [-0.1, -0.05) is 41.9 Å². The second-order valence-corrected chi connectivity index (χ2v) is 8.03. The standard InChI is InChI=1S/C22H24ClFN2O/c23-20-7-3-1-5-18(20)15-9-10-17-13-16(11-12-26(17)14-15)25-22(27)19-6-2-4-8-21(19)24/h1-8,15-17H,9-14H2,(H,25,27)/t15-,16+,17+/m1/s1. The molecule has 142 valence electrons. The number of amides is 1. The lowest BCUT2D eigenvalue weighted by molar-refractivity contribution is 0.0703. The van der Waals surface area contributed by atoms with Gasteiger partial charge in [0.15, 0.2) is 0 Å². The molecule has 2 saturated heterocycles. The number of hydrogen-bond acceptors (Lipinski definition) is 2. The lowest BCUT2D eigenvalue weighted by atomic mass is 9.82. The van der Waals surface area contributed by atoms with E-state index in [0.717, 1.165) is 43.8 Å². The molecule has 3 nitrogen and oxygen atoms in total. The SMILES string of the molecule is O=C(N[C@H]1CCN2C[C@H](c3ccccc3Cl)CC[C@H]2C1)c1ccccc1F. The van der Waals surface area contributed by atoms with Crippen LogP contribution in [0.15, 0.2) is 48.5 Å². The zero-order valence-corrected chi connectivity index (χ0v) is 16.0. The highest BCUT2D eigenvalue weighted by atomic mass is 35.5. The number of fused-ring (bicyclic) bond motifs is 1. The van der Waals surface area contributed by atoms with E-state index in [-0.39, 0.29) is 17.5 Å². The van der Waals surface area contributed by atoms with Crippen LogP contribution < -0.4 is 5.32 Å². The molecule has 0 aliphatic carbocycles. The van der Waals surface area contributed by atoms with E-state index in [1.807, 2.05) is 12.1 Å². The zero-order valence-electron chi connectivity index (χ0n) is 15.2. The Morgan fingerprint density at radius 3 is 2.67 bits per heavy atom. The monoisotopic (exact) mass is 386 g/mol. The van der Waals surface area contributed by atoms with Gasteiger partial charge in [-0.3, -0.25) is 9.69 Å². The van der Waals surface area contributed by atoms with E-state index in [9.17, 15) is 9.18 Å². The normalized spacial score (nSPS) is 25.6. The Kier molecular flexibility index (Phi) is 5.46. The number of carbonyl (C=O) groups is 1. The fourth-order valence-electron chi connectivity index (χ4n) is 4.51. The molecule has 2 aromatic carbocycles. The van der Waals surface area contributed by atoms with Gasteiger partial charge in [0.05, 0.1) is 5.56 Å². The van der Waals surface area contributed by atoms with Gasteiger partial charge >= 0.3 is 0 Å². The molecule has 0 aromatic heterocycles. The van der Waals surface area contributed by atoms with Crippen molar-refractivity contribution in [3.8, 4) is 0 Å². The lowest BCUT2D eigenvalue weighted by Crippen LogP contribution is -2.52. The molecule has 0 radical (unpaired) electrons. The van der Waals surface area contributed by atoms with Gasteiger partial charge in [-0.15, -0.1) is 0 Å². The molecule has 1 amide bonds. The average molecular weight is 387 g/mol. The van der Waals surface area contributed by atoms with Gasteiger partial charge in [-0.05, 0) is 55.4 Å². The van der Waals surface area contributed by atoms with Crippen LogP contribution in [-0.2, 0) is 0 Å². The predicted octanol–water partition coefficient (Wildman–Crippen LogP) is 4.62. The summed E-state index contributed by atoms with van der Waals surface area (Å²) in [6.07, 6.45) is 4.03. The highest BCUT2D eigenvalue weighted by Crippen LogP contribution is 2.36. The number of rotatable bonds is 3. The highest BCUT2D eigenvalue weighted by molar-refractivity contribution is 6.31. The molecule has 5 heteroatoms. The summed E-state index contributed by atoms with van der Waals surface area (Å²) in [4.78, 5) is 14.9. The molecule has 27 heavy (non-hydrogen) atoms. The smallest absolute Gasteiger partial charge is 0.254 e. The first-order valence-electron chi connectivity index (χ1n) is 9.65. The van der Waals surface area contributed by atoms with E-state index in [1.54, 1.807) is 12.1 Å². The maximum absolute atomic E-state index is 13.8. The van der Waals surface area contributed by atoms with Crippen molar-refractivity contribution < 1.29 is 9.18 Å². The molecule has 0 bridgehead atoms. The second-order valence-electron chi connectivity index (χ2n) is 7.62. The van der Waals surface area contributed by atoms with Crippen LogP contribution in [0.3, 0.4) is 0 Å². The molecule has 3 atom stereocenters. The molecule has 2 fully saturated rings. The van der Waals surface area contributed by atoms with Crippen LogP contribution in [0.4, 0.5) is 4.39 Å². The Morgan fingerprint density at radius 2 is 1.85 bits per heavy atom. The summed E-state index contributed by atoms with van der Waals surface area (Å²) in [7, 11) is 0. The summed E-state index contributed by atoms with van der Waals surface area (Å²) in [6.45, 7) is 1.97. The van der Waals surface area contributed by atoms with Gasteiger partial charge in [0.2, 0.25) is 0 Å². The highest BCUT2D eigenvalue weighted by Gasteiger charge is 2.35. The Bertz CT molecular complexity index is 827. The van der Waals surface area contributed by atoms with Crippen molar-refractivity contribution in [3.05, 3.63) is 70.5 Å². The van der Waals surface area contributed by atoms with E-state index < -0.39 is 5.82 Å². The molecule has 4 rings (SSSR count). The summed E-state index contributed by atoms with van der Waals surface area (Å²) in [5, 5.41) is 3.89. The van der Waals surface area contributed by atoms with Gasteiger partial charge in [-0.25, -0.2) is 4.39 Å². The third-order valence-corrected chi connectivity index (χ3v) is 6.28. The van der Waals surface area contributed by atoms with Crippen molar-refractivity contribution >= 4 is 17.5 Å². The Balaban J connectivity index is 1.36. The number of halogens is 2. The topological polar surface area (TPSA) is 32.3 Å². The van der Waals surface area contributed by atoms with Crippen LogP contribution in [-0.4, -0.2) is 36.0 Å². The van der Waals surface area contributed by atoms with Crippen molar-refractivity contribution in [1.29, 1.82) is 0 Å². The Hall–Kier alpha value is -1.91. The first-order chi connectivity index (χ1) is 13.1. The number of hydrogen-bond donors (Lipinski definition) is 1. The number of piperidine rings is 2. The minimum absolute atomic E-state index is 0.107. The van der Waals surface area contributed by atoms with Crippen LogP contribution in [0.2, 0.25) is 5.02 Å². The minimum Gasteiger partial charge on any atom is -0.349 e. The fraction of sp³-hybridized carbons (Fsp3) is 0.409. The third kappa shape index (κ3) is 4.02. The van der Waals surface area contributed by atoms with Crippen LogP contribution in [0.5, 0.6) is 0 Å². The van der Waals surface area contributed by atoms with Crippen molar-refractivity contribution in [2.45, 2.75) is 43.7 Å². The van der Waals surface area contributed by atoms with Crippen molar-refractivity contribution in [2.24, 2.45) is 0 Å². The molecular weight excluding hydrogens is 363 g/mol. The maximum Gasteiger partial charge on any atom is 0.254 e. The summed E-state index contributed by atoms with van der Waals surface area (Å²) < 4.78 is 13.8. The average Bonchev–Trinajstić information content (AvgIpc) is 2.68. The van der Waals surface area contributed by atoms with Crippen molar-refractivity contribution in [3.63, 3.8) is 0 Å². The third-order valence-electron chi connectivity index (χ3n) is 5.94. The molecule has 2 aliphatic rings. The van der Waals surface area contributed by atoms with Crippen LogP contribution in [0, 0.1) is 5.82 Å². The van der Waals surface area contributed by atoms with E-state index in [0.29, 0.717) is 12.0 Å². The predicted molar refractivity (Wildman–Crippen MR) is 106 cm³/mol. The molecule has 1 N–H and O–H groups in total. The molecule has 2 heterocycles. The molecule has 0 saturated carbocycles. The number of carbonyl (C=O) groups excluding carboxylic acids is 1. The van der Waals surface area contributed by atoms with Crippen molar-refractivity contribution in [1.82, 2.24) is 10.2 Å². The van der Waals surface area contributed by atoms with Gasteiger partial charge in [-0.2, -0.15) is 0 Å². The first kappa shape index (κ1) is 18.5. The van der Waals surface area contributed by atoms with Gasteiger partial charge in [0, 0.05) is 30.2 Å². The second kappa shape index (κ2) is 7.99. The summed E-state index contributed by atoms with van der Waals surface area (Å²) in [5.74, 6) is -0.302. The van der Waals surface area contributed by atoms with E-state index in [1.165, 1.54) is 17.7 Å². The quantitative estimate of drug-likeness (QED) is 0.834. The number of nitrogens with zero attached hydrogens (tertiary/aromatic N) is 1. The van der Waals surface area contributed by atoms with Crippen LogP contribution in [0.1, 0.15) is 47.5 Å². The molecule has 0 unspecified atom stereocenters. The zero-order chi connectivity index (χ0) is 18.8. The van der Waals surface area contributed by atoms with Gasteiger partial charge < -0.3 is 5.32 Å². The minimum atomic E-state index is -0.465. The maximum atomic E-state index is 13.8. The summed E-state index contributed by atoms with van der Waals surface area (Å²) in [5.41, 5.74) is 1.37. The first-order valence-corrected chi connectivity index (χ1v) is 10.0. The Labute approximate surface area is 164 Å². The number of benzene rings is 2. The summed E-state index contributed by atoms with van der Waals surface area (Å²) in [6, 6.07) is 14.9. The largest absolute Gasteiger partial charge is 0.349 e. The van der Waals surface area contributed by atoms with Gasteiger partial charge in [0.25, 0.3) is 5.91 Å². The molecule has 2 aliphatic heterocycles. The van der Waals surface area contributed by atoms with E-state index in [4.69, 9.17) is 11.6 Å². The fourth-order valence-corrected chi connectivity index (χ4v) is 4.80. The van der Waals surface area contributed by atoms with E-state index >= 15 is 0 Å². The van der Waals surface area contributed by atoms with Gasteiger partial charge in [0.1, 0.15) is 5.82 Å². The molecule has 2 aromatic rings. The lowest BCUT2D eigenvalue weighted by Gasteiger charge is -2.45. The van der Waals surface area contributed by atoms with Crippen LogP contribution >= 0.6 is 11.6 Å². The summed E-state index contributed by atoms with van der Waals surface area (Å²) >= 11 is 6.39. The van der Waals surface area contributed by atoms with E-state index in [2.05, 4.69) is 22.3 Å². The number of nitrogens with one attached hydrogen (secondary N) is 1. The molecule has 0 spiro atoms. The van der Waals surface area contributed by atoms with Crippen LogP contribution in [0.25, 0.3) is 0 Å². The molecular formula is C22H24ClFN2O.